The van der Waals surface area contributed by atoms with Gasteiger partial charge in [-0.2, -0.15) is 16.7 Å². The van der Waals surface area contributed by atoms with Crippen molar-refractivity contribution in [3.8, 4) is 0 Å². The second-order valence-corrected chi connectivity index (χ2v) is 6.45. The van der Waals surface area contributed by atoms with Crippen molar-refractivity contribution in [3.63, 3.8) is 0 Å². The first-order valence-electron chi connectivity index (χ1n) is 6.36. The zero-order valence-corrected chi connectivity index (χ0v) is 13.3. The first-order valence-corrected chi connectivity index (χ1v) is 7.59. The minimum Gasteiger partial charge on any atom is -0.363 e. The molecule has 1 rings (SSSR count). The van der Waals surface area contributed by atoms with Crippen LogP contribution in [0, 0.1) is 17.0 Å². The molecule has 1 aromatic heterocycles. The SMILES string of the molecule is CCNc1nc(C)c([N+](=O)[O-])c(NCC(C)(C)SC)n1. The number of anilines is 2. The Morgan fingerprint density at radius 2 is 2.00 bits per heavy atom. The van der Waals surface area contributed by atoms with Gasteiger partial charge in [-0.05, 0) is 34.0 Å². The van der Waals surface area contributed by atoms with Crippen molar-refractivity contribution >= 4 is 29.2 Å². The molecule has 7 nitrogen and oxygen atoms in total. The van der Waals surface area contributed by atoms with Gasteiger partial charge in [-0.1, -0.05) is 0 Å². The number of hydrogen-bond acceptors (Lipinski definition) is 7. The molecule has 20 heavy (non-hydrogen) atoms. The van der Waals surface area contributed by atoms with Gasteiger partial charge in [0.1, 0.15) is 5.69 Å². The van der Waals surface area contributed by atoms with E-state index in [4.69, 9.17) is 0 Å². The summed E-state index contributed by atoms with van der Waals surface area (Å²) in [5.41, 5.74) is 0.286. The Hall–Kier alpha value is -1.57. The van der Waals surface area contributed by atoms with Crippen molar-refractivity contribution in [1.29, 1.82) is 0 Å². The van der Waals surface area contributed by atoms with E-state index in [1.165, 1.54) is 0 Å². The van der Waals surface area contributed by atoms with Crippen molar-refractivity contribution in [2.75, 3.05) is 30.0 Å². The summed E-state index contributed by atoms with van der Waals surface area (Å²) in [6, 6.07) is 0. The van der Waals surface area contributed by atoms with E-state index in [1.54, 1.807) is 18.7 Å². The van der Waals surface area contributed by atoms with Crippen molar-refractivity contribution in [3.05, 3.63) is 15.8 Å². The second kappa shape index (κ2) is 6.74. The smallest absolute Gasteiger partial charge is 0.332 e. The molecule has 0 amide bonds. The van der Waals surface area contributed by atoms with E-state index in [9.17, 15) is 10.1 Å². The summed E-state index contributed by atoms with van der Waals surface area (Å²) in [6.45, 7) is 8.91. The predicted molar refractivity (Wildman–Crippen MR) is 83.7 cm³/mol. The maximum atomic E-state index is 11.2. The van der Waals surface area contributed by atoms with Gasteiger partial charge in [-0.15, -0.1) is 0 Å². The molecule has 0 aliphatic heterocycles. The lowest BCUT2D eigenvalue weighted by atomic mass is 10.2. The van der Waals surface area contributed by atoms with Crippen molar-refractivity contribution < 1.29 is 4.92 Å². The molecular formula is C12H21N5O2S. The number of nitro groups is 1. The lowest BCUT2D eigenvalue weighted by molar-refractivity contribution is -0.385. The number of hydrogen-bond donors (Lipinski definition) is 2. The maximum Gasteiger partial charge on any atom is 0.332 e. The standard InChI is InChI=1S/C12H21N5O2S/c1-6-13-11-15-8(2)9(17(18)19)10(16-11)14-7-12(3,4)20-5/h6-7H2,1-5H3,(H2,13,14,15,16). The third-order valence-corrected chi connectivity index (χ3v) is 4.06. The third-order valence-electron chi connectivity index (χ3n) is 2.81. The largest absolute Gasteiger partial charge is 0.363 e. The van der Waals surface area contributed by atoms with Crippen LogP contribution in [0.4, 0.5) is 17.5 Å². The van der Waals surface area contributed by atoms with Gasteiger partial charge in [0, 0.05) is 17.8 Å². The summed E-state index contributed by atoms with van der Waals surface area (Å²) in [4.78, 5) is 19.0. The molecule has 0 fully saturated rings. The molecule has 112 valence electrons. The Labute approximate surface area is 123 Å². The average molecular weight is 299 g/mol. The highest BCUT2D eigenvalue weighted by Crippen LogP contribution is 2.28. The Balaban J connectivity index is 3.10. The summed E-state index contributed by atoms with van der Waals surface area (Å²) < 4.78 is -0.0366. The molecule has 0 unspecified atom stereocenters. The molecule has 0 aliphatic carbocycles. The molecule has 0 radical (unpaired) electrons. The normalized spacial score (nSPS) is 11.2. The highest BCUT2D eigenvalue weighted by atomic mass is 32.2. The van der Waals surface area contributed by atoms with E-state index in [2.05, 4.69) is 34.4 Å². The fourth-order valence-corrected chi connectivity index (χ4v) is 1.73. The zero-order valence-electron chi connectivity index (χ0n) is 12.5. The van der Waals surface area contributed by atoms with Gasteiger partial charge in [-0.3, -0.25) is 10.1 Å². The maximum absolute atomic E-state index is 11.2. The van der Waals surface area contributed by atoms with Gasteiger partial charge < -0.3 is 10.6 Å². The van der Waals surface area contributed by atoms with Crippen molar-refractivity contribution in [2.45, 2.75) is 32.4 Å². The molecule has 0 saturated heterocycles. The predicted octanol–water partition coefficient (Wildman–Crippen LogP) is 2.68. The van der Waals surface area contributed by atoms with Crippen LogP contribution in [0.3, 0.4) is 0 Å². The quantitative estimate of drug-likeness (QED) is 0.590. The molecule has 1 heterocycles. The first-order chi connectivity index (χ1) is 9.30. The van der Waals surface area contributed by atoms with Crippen LogP contribution in [0.1, 0.15) is 26.5 Å². The number of aryl methyl sites for hydroxylation is 1. The van der Waals surface area contributed by atoms with Crippen molar-refractivity contribution in [2.24, 2.45) is 0 Å². The van der Waals surface area contributed by atoms with Gasteiger partial charge >= 0.3 is 5.69 Å². The topological polar surface area (TPSA) is 93.0 Å². The summed E-state index contributed by atoms with van der Waals surface area (Å²) in [6.07, 6.45) is 2.01. The first kappa shape index (κ1) is 16.5. The van der Waals surface area contributed by atoms with Gasteiger partial charge in [0.2, 0.25) is 11.8 Å². The fourth-order valence-electron chi connectivity index (χ4n) is 1.51. The Morgan fingerprint density at radius 1 is 1.35 bits per heavy atom. The summed E-state index contributed by atoms with van der Waals surface area (Å²) in [5.74, 6) is 0.667. The fraction of sp³-hybridized carbons (Fsp3) is 0.667. The van der Waals surface area contributed by atoms with E-state index >= 15 is 0 Å². The minimum absolute atomic E-state index is 0.0366. The van der Waals surface area contributed by atoms with Crippen LogP contribution in [-0.4, -0.2) is 39.0 Å². The number of nitrogens with one attached hydrogen (secondary N) is 2. The number of aromatic nitrogens is 2. The Morgan fingerprint density at radius 3 is 2.50 bits per heavy atom. The number of thioether (sulfide) groups is 1. The van der Waals surface area contributed by atoms with E-state index in [-0.39, 0.29) is 16.3 Å². The molecule has 0 saturated carbocycles. The minimum atomic E-state index is -0.445. The molecule has 0 aliphatic rings. The van der Waals surface area contributed by atoms with E-state index in [0.29, 0.717) is 24.7 Å². The molecule has 2 N–H and O–H groups in total. The highest BCUT2D eigenvalue weighted by molar-refractivity contribution is 7.99. The van der Waals surface area contributed by atoms with Gasteiger partial charge in [0.05, 0.1) is 4.92 Å². The molecule has 0 aromatic carbocycles. The van der Waals surface area contributed by atoms with Crippen LogP contribution >= 0.6 is 11.8 Å². The monoisotopic (exact) mass is 299 g/mol. The average Bonchev–Trinajstić information content (AvgIpc) is 2.36. The lowest BCUT2D eigenvalue weighted by Crippen LogP contribution is -2.27. The summed E-state index contributed by atoms with van der Waals surface area (Å²) >= 11 is 1.69. The van der Waals surface area contributed by atoms with Crippen LogP contribution in [0.15, 0.2) is 0 Å². The van der Waals surface area contributed by atoms with Crippen LogP contribution < -0.4 is 10.6 Å². The molecule has 0 atom stereocenters. The van der Waals surface area contributed by atoms with E-state index in [0.717, 1.165) is 0 Å². The van der Waals surface area contributed by atoms with E-state index < -0.39 is 4.92 Å². The van der Waals surface area contributed by atoms with Crippen LogP contribution in [0.25, 0.3) is 0 Å². The third kappa shape index (κ3) is 4.22. The van der Waals surface area contributed by atoms with Gasteiger partial charge in [0.25, 0.3) is 0 Å². The molecular weight excluding hydrogens is 278 g/mol. The van der Waals surface area contributed by atoms with E-state index in [1.807, 2.05) is 13.2 Å². The summed E-state index contributed by atoms with van der Waals surface area (Å²) in [7, 11) is 0. The molecule has 8 heteroatoms. The van der Waals surface area contributed by atoms with Crippen molar-refractivity contribution in [1.82, 2.24) is 9.97 Å². The summed E-state index contributed by atoms with van der Waals surface area (Å²) in [5, 5.41) is 17.2. The molecule has 1 aromatic rings. The van der Waals surface area contributed by atoms with Gasteiger partial charge in [0.15, 0.2) is 0 Å². The van der Waals surface area contributed by atoms with Crippen LogP contribution in [0.2, 0.25) is 0 Å². The Bertz CT molecular complexity index is 493. The highest BCUT2D eigenvalue weighted by Gasteiger charge is 2.24. The molecule has 0 bridgehead atoms. The number of nitrogens with zero attached hydrogens (tertiary/aromatic N) is 3. The van der Waals surface area contributed by atoms with Crippen LogP contribution in [0.5, 0.6) is 0 Å². The second-order valence-electron chi connectivity index (χ2n) is 4.93. The Kier molecular flexibility index (Phi) is 5.55. The zero-order chi connectivity index (χ0) is 15.3. The number of rotatable bonds is 7. The van der Waals surface area contributed by atoms with Gasteiger partial charge in [-0.25, -0.2) is 4.98 Å². The van der Waals surface area contributed by atoms with Crippen LogP contribution in [-0.2, 0) is 0 Å². The molecule has 0 spiro atoms. The lowest BCUT2D eigenvalue weighted by Gasteiger charge is -2.22.